The topological polar surface area (TPSA) is 63.2 Å². The molecule has 1 heterocycles. The highest BCUT2D eigenvalue weighted by Gasteiger charge is 2.13. The maximum Gasteiger partial charge on any atom is 0.261 e. The summed E-state index contributed by atoms with van der Waals surface area (Å²) in [6.45, 7) is 0.411. The Hall–Kier alpha value is -1.37. The van der Waals surface area contributed by atoms with Crippen molar-refractivity contribution >= 4 is 37.0 Å². The lowest BCUT2D eigenvalue weighted by atomic mass is 10.2. The first kappa shape index (κ1) is 14.0. The van der Waals surface area contributed by atoms with Gasteiger partial charge in [-0.3, -0.25) is 4.79 Å². The van der Waals surface area contributed by atoms with Gasteiger partial charge in [0.25, 0.3) is 15.0 Å². The van der Waals surface area contributed by atoms with E-state index in [2.05, 4.69) is 5.32 Å². The van der Waals surface area contributed by atoms with Crippen LogP contribution in [0, 0.1) is 0 Å². The second-order valence-electron chi connectivity index (χ2n) is 3.73. The van der Waals surface area contributed by atoms with Crippen LogP contribution in [0.5, 0.6) is 0 Å². The van der Waals surface area contributed by atoms with Crippen LogP contribution in [0.15, 0.2) is 46.7 Å². The first-order valence-electron chi connectivity index (χ1n) is 5.32. The summed E-state index contributed by atoms with van der Waals surface area (Å²) in [4.78, 5) is 12.8. The summed E-state index contributed by atoms with van der Waals surface area (Å²) in [6, 6.07) is 9.42. The molecule has 0 radical (unpaired) electrons. The van der Waals surface area contributed by atoms with Gasteiger partial charge in [0, 0.05) is 21.1 Å². The van der Waals surface area contributed by atoms with Crippen molar-refractivity contribution in [3.8, 4) is 0 Å². The fourth-order valence-corrected chi connectivity index (χ4v) is 2.91. The van der Waals surface area contributed by atoms with Crippen LogP contribution < -0.4 is 5.32 Å². The van der Waals surface area contributed by atoms with E-state index in [4.69, 9.17) is 10.7 Å². The number of benzene rings is 1. The summed E-state index contributed by atoms with van der Waals surface area (Å²) in [5, 5.41) is 4.63. The van der Waals surface area contributed by atoms with E-state index in [1.807, 2.05) is 17.5 Å². The Bertz CT molecular complexity index is 681. The minimum atomic E-state index is -3.82. The van der Waals surface area contributed by atoms with Gasteiger partial charge in [-0.05, 0) is 29.6 Å². The van der Waals surface area contributed by atoms with Crippen LogP contribution in [0.4, 0.5) is 0 Å². The zero-order valence-corrected chi connectivity index (χ0v) is 12.1. The van der Waals surface area contributed by atoms with E-state index >= 15 is 0 Å². The van der Waals surface area contributed by atoms with Crippen molar-refractivity contribution in [3.63, 3.8) is 0 Å². The van der Waals surface area contributed by atoms with E-state index in [9.17, 15) is 13.2 Å². The fraction of sp³-hybridized carbons (Fsp3) is 0.0833. The molecule has 0 bridgehead atoms. The third-order valence-corrected chi connectivity index (χ3v) is 4.61. The molecular formula is C12H10ClNO3S2. The standard InChI is InChI=1S/C12H10ClNO3S2/c13-19(16,17)11-5-1-3-9(7-11)12(15)14-8-10-4-2-6-18-10/h1-7H,8H2,(H,14,15). The predicted molar refractivity (Wildman–Crippen MR) is 75.0 cm³/mol. The van der Waals surface area contributed by atoms with Crippen LogP contribution in [0.1, 0.15) is 15.2 Å². The van der Waals surface area contributed by atoms with E-state index in [0.29, 0.717) is 6.54 Å². The van der Waals surface area contributed by atoms with Crippen LogP contribution in [0.3, 0.4) is 0 Å². The van der Waals surface area contributed by atoms with Crippen molar-refractivity contribution in [2.45, 2.75) is 11.4 Å². The number of hydrogen-bond acceptors (Lipinski definition) is 4. The zero-order chi connectivity index (χ0) is 13.9. The van der Waals surface area contributed by atoms with E-state index in [-0.39, 0.29) is 16.4 Å². The lowest BCUT2D eigenvalue weighted by molar-refractivity contribution is 0.0951. The molecule has 1 amide bonds. The third-order valence-electron chi connectivity index (χ3n) is 2.38. The van der Waals surface area contributed by atoms with Crippen molar-refractivity contribution in [2.75, 3.05) is 0 Å². The van der Waals surface area contributed by atoms with Crippen LogP contribution in [0.2, 0.25) is 0 Å². The van der Waals surface area contributed by atoms with Gasteiger partial charge in [0.2, 0.25) is 0 Å². The van der Waals surface area contributed by atoms with E-state index in [1.165, 1.54) is 35.6 Å². The lowest BCUT2D eigenvalue weighted by Gasteiger charge is -2.04. The fourth-order valence-electron chi connectivity index (χ4n) is 1.47. The van der Waals surface area contributed by atoms with Gasteiger partial charge in [0.15, 0.2) is 0 Å². The SMILES string of the molecule is O=C(NCc1cccs1)c1cccc(S(=O)(=O)Cl)c1. The van der Waals surface area contributed by atoms with Crippen LogP contribution in [-0.4, -0.2) is 14.3 Å². The Balaban J connectivity index is 2.11. The second-order valence-corrected chi connectivity index (χ2v) is 7.33. The molecule has 100 valence electrons. The predicted octanol–water partition coefficient (Wildman–Crippen LogP) is 2.61. The average molecular weight is 316 g/mol. The normalized spacial score (nSPS) is 11.2. The summed E-state index contributed by atoms with van der Waals surface area (Å²) in [6.07, 6.45) is 0. The van der Waals surface area contributed by atoms with Gasteiger partial charge >= 0.3 is 0 Å². The van der Waals surface area contributed by atoms with E-state index in [0.717, 1.165) is 4.88 Å². The zero-order valence-electron chi connectivity index (χ0n) is 9.67. The molecule has 4 nitrogen and oxygen atoms in total. The molecule has 2 aromatic rings. The average Bonchev–Trinajstić information content (AvgIpc) is 2.88. The van der Waals surface area contributed by atoms with Crippen LogP contribution in [-0.2, 0) is 15.6 Å². The maximum atomic E-state index is 11.9. The highest BCUT2D eigenvalue weighted by molar-refractivity contribution is 8.13. The summed E-state index contributed by atoms with van der Waals surface area (Å²) >= 11 is 1.54. The molecule has 0 atom stereocenters. The van der Waals surface area contributed by atoms with Gasteiger partial charge in [0.1, 0.15) is 0 Å². The minimum Gasteiger partial charge on any atom is -0.347 e. The lowest BCUT2D eigenvalue weighted by Crippen LogP contribution is -2.22. The Labute approximate surface area is 119 Å². The number of hydrogen-bond donors (Lipinski definition) is 1. The number of carbonyl (C=O) groups excluding carboxylic acids is 1. The highest BCUT2D eigenvalue weighted by atomic mass is 35.7. The molecule has 0 fully saturated rings. The van der Waals surface area contributed by atoms with Crippen molar-refractivity contribution in [1.29, 1.82) is 0 Å². The number of amides is 1. The summed E-state index contributed by atoms with van der Waals surface area (Å²) in [7, 11) is 1.41. The molecule has 0 saturated carbocycles. The third kappa shape index (κ3) is 3.79. The second kappa shape index (κ2) is 5.73. The smallest absolute Gasteiger partial charge is 0.261 e. The summed E-state index contributed by atoms with van der Waals surface area (Å²) < 4.78 is 22.4. The highest BCUT2D eigenvalue weighted by Crippen LogP contribution is 2.16. The van der Waals surface area contributed by atoms with E-state index in [1.54, 1.807) is 0 Å². The van der Waals surface area contributed by atoms with Gasteiger partial charge < -0.3 is 5.32 Å². The molecule has 0 unspecified atom stereocenters. The number of thiophene rings is 1. The molecule has 1 N–H and O–H groups in total. The van der Waals surface area contributed by atoms with E-state index < -0.39 is 9.05 Å². The van der Waals surface area contributed by atoms with Crippen molar-refractivity contribution in [1.82, 2.24) is 5.32 Å². The number of rotatable bonds is 4. The van der Waals surface area contributed by atoms with Crippen LogP contribution >= 0.6 is 22.0 Å². The number of carbonyl (C=O) groups is 1. The van der Waals surface area contributed by atoms with Gasteiger partial charge in [-0.1, -0.05) is 12.1 Å². The molecule has 0 spiro atoms. The first-order chi connectivity index (χ1) is 8.97. The largest absolute Gasteiger partial charge is 0.347 e. The monoisotopic (exact) mass is 315 g/mol. The van der Waals surface area contributed by atoms with Crippen LogP contribution in [0.25, 0.3) is 0 Å². The molecular weight excluding hydrogens is 306 g/mol. The summed E-state index contributed by atoms with van der Waals surface area (Å²) in [5.74, 6) is -0.337. The van der Waals surface area contributed by atoms with Gasteiger partial charge in [-0.2, -0.15) is 0 Å². The molecule has 0 aliphatic carbocycles. The van der Waals surface area contributed by atoms with Crippen molar-refractivity contribution < 1.29 is 13.2 Å². The summed E-state index contributed by atoms with van der Waals surface area (Å²) in [5.41, 5.74) is 0.262. The Kier molecular flexibility index (Phi) is 4.24. The molecule has 0 saturated heterocycles. The minimum absolute atomic E-state index is 0.0852. The Morgan fingerprint density at radius 1 is 1.26 bits per heavy atom. The number of halogens is 1. The molecule has 0 aliphatic heterocycles. The number of nitrogens with one attached hydrogen (secondary N) is 1. The van der Waals surface area contributed by atoms with Crippen molar-refractivity contribution in [3.05, 3.63) is 52.2 Å². The van der Waals surface area contributed by atoms with Crippen molar-refractivity contribution in [2.24, 2.45) is 0 Å². The molecule has 2 rings (SSSR count). The molecule has 7 heteroatoms. The van der Waals surface area contributed by atoms with Gasteiger partial charge in [-0.25, -0.2) is 8.42 Å². The Morgan fingerprint density at radius 2 is 2.05 bits per heavy atom. The van der Waals surface area contributed by atoms with Gasteiger partial charge in [-0.15, -0.1) is 11.3 Å². The van der Waals surface area contributed by atoms with Gasteiger partial charge in [0.05, 0.1) is 11.4 Å². The molecule has 19 heavy (non-hydrogen) atoms. The first-order valence-corrected chi connectivity index (χ1v) is 8.51. The maximum absolute atomic E-state index is 11.9. The Morgan fingerprint density at radius 3 is 2.68 bits per heavy atom. The molecule has 1 aromatic heterocycles. The molecule has 1 aromatic carbocycles. The quantitative estimate of drug-likeness (QED) is 0.882. The molecule has 0 aliphatic rings.